The van der Waals surface area contributed by atoms with E-state index in [1.807, 2.05) is 42.5 Å². The van der Waals surface area contributed by atoms with E-state index in [4.69, 9.17) is 10.5 Å². The van der Waals surface area contributed by atoms with Crippen LogP contribution in [-0.4, -0.2) is 19.1 Å². The number of nitrogens with two attached hydrogens (primary N) is 1. The largest absolute Gasteiger partial charge is 0.492 e. The lowest BCUT2D eigenvalue weighted by Gasteiger charge is -2.06. The summed E-state index contributed by atoms with van der Waals surface area (Å²) in [6, 6.07) is 16.5. The summed E-state index contributed by atoms with van der Waals surface area (Å²) in [5.41, 5.74) is 7.09. The van der Waals surface area contributed by atoms with E-state index >= 15 is 0 Å². The van der Waals surface area contributed by atoms with E-state index in [0.29, 0.717) is 24.6 Å². The molecule has 0 aliphatic carbocycles. The van der Waals surface area contributed by atoms with Crippen molar-refractivity contribution in [2.24, 2.45) is 0 Å². The van der Waals surface area contributed by atoms with Gasteiger partial charge in [-0.25, -0.2) is 0 Å². The van der Waals surface area contributed by atoms with Crippen LogP contribution in [0.3, 0.4) is 0 Å². The maximum Gasteiger partial charge on any atom is 0.296 e. The Morgan fingerprint density at radius 2 is 1.95 bits per heavy atom. The smallest absolute Gasteiger partial charge is 0.296 e. The fraction of sp³-hybridized carbons (Fsp3) is 0.118. The molecule has 2 aromatic carbocycles. The maximum atomic E-state index is 11.5. The van der Waals surface area contributed by atoms with Crippen molar-refractivity contribution in [2.75, 3.05) is 18.9 Å². The third-order valence-electron chi connectivity index (χ3n) is 2.61. The van der Waals surface area contributed by atoms with Gasteiger partial charge in [-0.2, -0.15) is 0 Å². The number of carbonyl (C=O) groups excluding carboxylic acids is 1. The molecule has 2 rings (SSSR count). The molecule has 0 aromatic heterocycles. The van der Waals surface area contributed by atoms with E-state index in [0.717, 1.165) is 5.56 Å². The van der Waals surface area contributed by atoms with Crippen LogP contribution < -0.4 is 15.8 Å². The molecular weight excluding hydrogens is 264 g/mol. The van der Waals surface area contributed by atoms with Crippen molar-refractivity contribution in [1.82, 2.24) is 5.32 Å². The lowest BCUT2D eigenvalue weighted by Crippen LogP contribution is -2.26. The van der Waals surface area contributed by atoms with Crippen molar-refractivity contribution in [3.63, 3.8) is 0 Å². The summed E-state index contributed by atoms with van der Waals surface area (Å²) in [7, 11) is 0. The average Bonchev–Trinajstić information content (AvgIpc) is 2.51. The Bertz CT molecular complexity index is 657. The summed E-state index contributed by atoms with van der Waals surface area (Å²) in [4.78, 5) is 11.5. The normalized spacial score (nSPS) is 9.33. The SMILES string of the molecule is Nc1cccc(OCCNC(=O)C#Cc2ccccc2)c1. The zero-order valence-corrected chi connectivity index (χ0v) is 11.5. The third kappa shape index (κ3) is 5.29. The first-order valence-corrected chi connectivity index (χ1v) is 6.57. The number of anilines is 1. The summed E-state index contributed by atoms with van der Waals surface area (Å²) >= 11 is 0. The molecule has 0 unspecified atom stereocenters. The highest BCUT2D eigenvalue weighted by molar-refractivity contribution is 5.94. The molecule has 2 aromatic rings. The van der Waals surface area contributed by atoms with Crippen molar-refractivity contribution in [2.45, 2.75) is 0 Å². The topological polar surface area (TPSA) is 64.3 Å². The van der Waals surface area contributed by atoms with Crippen molar-refractivity contribution < 1.29 is 9.53 Å². The Balaban J connectivity index is 1.72. The van der Waals surface area contributed by atoms with Gasteiger partial charge in [-0.15, -0.1) is 0 Å². The van der Waals surface area contributed by atoms with Crippen molar-refractivity contribution in [1.29, 1.82) is 0 Å². The number of hydrogen-bond donors (Lipinski definition) is 2. The molecule has 1 amide bonds. The molecule has 0 aliphatic heterocycles. The lowest BCUT2D eigenvalue weighted by molar-refractivity contribution is -0.115. The van der Waals surface area contributed by atoms with Gasteiger partial charge in [0.2, 0.25) is 0 Å². The minimum absolute atomic E-state index is 0.324. The molecule has 3 N–H and O–H groups in total. The van der Waals surface area contributed by atoms with E-state index in [9.17, 15) is 4.79 Å². The maximum absolute atomic E-state index is 11.5. The van der Waals surface area contributed by atoms with Crippen LogP contribution in [0.5, 0.6) is 5.75 Å². The Labute approximate surface area is 123 Å². The number of nitrogens with one attached hydrogen (secondary N) is 1. The molecule has 4 nitrogen and oxygen atoms in total. The number of benzene rings is 2. The number of ether oxygens (including phenoxy) is 1. The standard InChI is InChI=1S/C17H16N2O2/c18-15-7-4-8-16(13-15)21-12-11-19-17(20)10-9-14-5-2-1-3-6-14/h1-8,13H,11-12,18H2,(H,19,20). The molecule has 21 heavy (non-hydrogen) atoms. The minimum Gasteiger partial charge on any atom is -0.492 e. The monoisotopic (exact) mass is 280 g/mol. The third-order valence-corrected chi connectivity index (χ3v) is 2.61. The molecule has 0 fully saturated rings. The van der Waals surface area contributed by atoms with Crippen molar-refractivity contribution in [3.05, 3.63) is 60.2 Å². The summed E-state index contributed by atoms with van der Waals surface area (Å²) in [5, 5.41) is 2.67. The number of nitrogen functional groups attached to an aromatic ring is 1. The van der Waals surface area contributed by atoms with Crippen LogP contribution >= 0.6 is 0 Å². The van der Waals surface area contributed by atoms with E-state index < -0.39 is 0 Å². The molecule has 0 spiro atoms. The number of carbonyl (C=O) groups is 1. The van der Waals surface area contributed by atoms with Crippen LogP contribution in [-0.2, 0) is 4.79 Å². The molecule has 4 heteroatoms. The zero-order valence-electron chi connectivity index (χ0n) is 11.5. The molecule has 0 radical (unpaired) electrons. The Morgan fingerprint density at radius 3 is 2.71 bits per heavy atom. The van der Waals surface area contributed by atoms with Crippen LogP contribution in [0.2, 0.25) is 0 Å². The van der Waals surface area contributed by atoms with Gasteiger partial charge in [0, 0.05) is 23.2 Å². The van der Waals surface area contributed by atoms with Gasteiger partial charge in [0.1, 0.15) is 12.4 Å². The summed E-state index contributed by atoms with van der Waals surface area (Å²) in [6.45, 7) is 0.749. The van der Waals surface area contributed by atoms with Gasteiger partial charge in [0.05, 0.1) is 6.54 Å². The predicted molar refractivity (Wildman–Crippen MR) is 82.7 cm³/mol. The first-order chi connectivity index (χ1) is 10.2. The number of hydrogen-bond acceptors (Lipinski definition) is 3. The Kier molecular flexibility index (Phi) is 5.25. The fourth-order valence-corrected chi connectivity index (χ4v) is 1.63. The predicted octanol–water partition coefficient (Wildman–Crippen LogP) is 1.82. The quantitative estimate of drug-likeness (QED) is 0.510. The molecule has 0 atom stereocenters. The van der Waals surface area contributed by atoms with Gasteiger partial charge in [-0.1, -0.05) is 30.2 Å². The molecule has 0 bridgehead atoms. The lowest BCUT2D eigenvalue weighted by atomic mass is 10.2. The van der Waals surface area contributed by atoms with Crippen LogP contribution in [0.25, 0.3) is 0 Å². The summed E-state index contributed by atoms with van der Waals surface area (Å²) < 4.78 is 5.46. The van der Waals surface area contributed by atoms with Crippen molar-refractivity contribution in [3.8, 4) is 17.6 Å². The fourth-order valence-electron chi connectivity index (χ4n) is 1.63. The van der Waals surface area contributed by atoms with Crippen LogP contribution in [0.4, 0.5) is 5.69 Å². The highest BCUT2D eigenvalue weighted by atomic mass is 16.5. The molecule has 0 saturated carbocycles. The van der Waals surface area contributed by atoms with Gasteiger partial charge in [-0.3, -0.25) is 4.79 Å². The summed E-state index contributed by atoms with van der Waals surface area (Å²) in [6.07, 6.45) is 0. The highest BCUT2D eigenvalue weighted by Crippen LogP contribution is 2.13. The van der Waals surface area contributed by atoms with E-state index in [2.05, 4.69) is 17.2 Å². The van der Waals surface area contributed by atoms with E-state index in [1.165, 1.54) is 0 Å². The molecule has 0 heterocycles. The van der Waals surface area contributed by atoms with Gasteiger partial charge in [0.15, 0.2) is 0 Å². The summed E-state index contributed by atoms with van der Waals surface area (Å²) in [5.74, 6) is 5.68. The van der Waals surface area contributed by atoms with Crippen LogP contribution in [0.15, 0.2) is 54.6 Å². The second-order valence-electron chi connectivity index (χ2n) is 4.29. The zero-order chi connectivity index (χ0) is 14.9. The van der Waals surface area contributed by atoms with Gasteiger partial charge >= 0.3 is 0 Å². The van der Waals surface area contributed by atoms with Crippen molar-refractivity contribution >= 4 is 11.6 Å². The molecule has 0 aliphatic rings. The second kappa shape index (κ2) is 7.61. The Morgan fingerprint density at radius 1 is 1.14 bits per heavy atom. The minimum atomic E-state index is -0.324. The van der Waals surface area contributed by atoms with Gasteiger partial charge in [0.25, 0.3) is 5.91 Å². The number of rotatable bonds is 4. The van der Waals surface area contributed by atoms with E-state index in [1.54, 1.807) is 12.1 Å². The second-order valence-corrected chi connectivity index (χ2v) is 4.29. The van der Waals surface area contributed by atoms with Gasteiger partial charge in [-0.05, 0) is 24.3 Å². The molecular formula is C17H16N2O2. The molecule has 0 saturated heterocycles. The highest BCUT2D eigenvalue weighted by Gasteiger charge is 1.97. The van der Waals surface area contributed by atoms with Crippen LogP contribution in [0.1, 0.15) is 5.56 Å². The Hall–Kier alpha value is -2.93. The van der Waals surface area contributed by atoms with Gasteiger partial charge < -0.3 is 15.8 Å². The first kappa shape index (κ1) is 14.5. The first-order valence-electron chi connectivity index (χ1n) is 6.57. The molecule has 106 valence electrons. The number of amides is 1. The van der Waals surface area contributed by atoms with Crippen LogP contribution in [0, 0.1) is 11.8 Å². The average molecular weight is 280 g/mol. The van der Waals surface area contributed by atoms with E-state index in [-0.39, 0.29) is 5.91 Å².